The lowest BCUT2D eigenvalue weighted by molar-refractivity contribution is -0.135. The first-order chi connectivity index (χ1) is 12.2. The van der Waals surface area contributed by atoms with Crippen molar-refractivity contribution in [1.82, 2.24) is 14.9 Å². The summed E-state index contributed by atoms with van der Waals surface area (Å²) < 4.78 is 0. The molecule has 136 valence electrons. The summed E-state index contributed by atoms with van der Waals surface area (Å²) in [5.41, 5.74) is 2.54. The maximum atomic E-state index is 12.8. The molecule has 0 aromatic carbocycles. The molecule has 4 rings (SSSR count). The summed E-state index contributed by atoms with van der Waals surface area (Å²) in [5, 5.41) is 3.65. The van der Waals surface area contributed by atoms with E-state index in [2.05, 4.69) is 20.2 Å². The maximum Gasteiger partial charge on any atom is 0.225 e. The highest BCUT2D eigenvalue weighted by Crippen LogP contribution is 2.29. The number of nitrogens with zero attached hydrogens (tertiary/aromatic N) is 3. The Morgan fingerprint density at radius 3 is 2.68 bits per heavy atom. The van der Waals surface area contributed by atoms with Gasteiger partial charge in [-0.25, -0.2) is 9.97 Å². The molecule has 25 heavy (non-hydrogen) atoms. The Hall–Kier alpha value is -1.65. The van der Waals surface area contributed by atoms with E-state index in [1.54, 1.807) is 0 Å². The Morgan fingerprint density at radius 1 is 1.04 bits per heavy atom. The van der Waals surface area contributed by atoms with E-state index in [-0.39, 0.29) is 5.92 Å². The minimum atomic E-state index is 0.279. The summed E-state index contributed by atoms with van der Waals surface area (Å²) in [6.07, 6.45) is 11.6. The van der Waals surface area contributed by atoms with Crippen molar-refractivity contribution in [2.24, 2.45) is 5.92 Å². The number of aromatic nitrogens is 2. The fraction of sp³-hybridized carbons (Fsp3) is 0.750. The second-order valence-corrected chi connectivity index (χ2v) is 8.00. The van der Waals surface area contributed by atoms with E-state index >= 15 is 0 Å². The van der Waals surface area contributed by atoms with E-state index in [9.17, 15) is 4.79 Å². The Balaban J connectivity index is 1.41. The SMILES string of the molecule is Cc1nc2c(c(NC3CCN(C(=O)C4CCCCC4)C3)n1)CCCC2. The Bertz CT molecular complexity index is 639. The number of amides is 1. The van der Waals surface area contributed by atoms with Gasteiger partial charge in [-0.2, -0.15) is 0 Å². The summed E-state index contributed by atoms with van der Waals surface area (Å²) in [6.45, 7) is 3.69. The van der Waals surface area contributed by atoms with Crippen LogP contribution in [-0.4, -0.2) is 39.9 Å². The van der Waals surface area contributed by atoms with Crippen LogP contribution in [0.4, 0.5) is 5.82 Å². The molecule has 1 atom stereocenters. The summed E-state index contributed by atoms with van der Waals surface area (Å²) >= 11 is 0. The number of anilines is 1. The van der Waals surface area contributed by atoms with Gasteiger partial charge in [-0.3, -0.25) is 4.79 Å². The van der Waals surface area contributed by atoms with Crippen molar-refractivity contribution in [3.8, 4) is 0 Å². The number of nitrogens with one attached hydrogen (secondary N) is 1. The first-order valence-corrected chi connectivity index (χ1v) is 10.1. The number of likely N-dealkylation sites (tertiary alicyclic amines) is 1. The summed E-state index contributed by atoms with van der Waals surface area (Å²) in [7, 11) is 0. The highest BCUT2D eigenvalue weighted by atomic mass is 16.2. The number of aryl methyl sites for hydroxylation is 2. The standard InChI is InChI=1S/C20H30N4O/c1-14-21-18-10-6-5-9-17(18)19(22-14)23-16-11-12-24(13-16)20(25)15-7-3-2-4-8-15/h15-16H,2-13H2,1H3,(H,21,22,23). The van der Waals surface area contributed by atoms with Crippen LogP contribution in [0.25, 0.3) is 0 Å². The summed E-state index contributed by atoms with van der Waals surface area (Å²) in [5.74, 6) is 2.56. The van der Waals surface area contributed by atoms with Gasteiger partial charge in [-0.05, 0) is 51.9 Å². The molecule has 0 bridgehead atoms. The van der Waals surface area contributed by atoms with Crippen LogP contribution >= 0.6 is 0 Å². The topological polar surface area (TPSA) is 58.1 Å². The number of fused-ring (bicyclic) bond motifs is 1. The molecule has 2 aliphatic carbocycles. The molecule has 0 radical (unpaired) electrons. The zero-order valence-electron chi connectivity index (χ0n) is 15.4. The molecule has 0 spiro atoms. The predicted octanol–water partition coefficient (Wildman–Crippen LogP) is 3.26. The average molecular weight is 342 g/mol. The van der Waals surface area contributed by atoms with E-state index in [1.165, 1.54) is 43.4 Å². The smallest absolute Gasteiger partial charge is 0.225 e. The van der Waals surface area contributed by atoms with Crippen molar-refractivity contribution < 1.29 is 4.79 Å². The molecule has 5 nitrogen and oxygen atoms in total. The largest absolute Gasteiger partial charge is 0.365 e. The molecule has 1 aliphatic heterocycles. The van der Waals surface area contributed by atoms with E-state index in [4.69, 9.17) is 0 Å². The molecule has 2 heterocycles. The van der Waals surface area contributed by atoms with Crippen molar-refractivity contribution in [2.45, 2.75) is 77.2 Å². The molecule has 1 saturated carbocycles. The Labute approximate surface area is 150 Å². The maximum absolute atomic E-state index is 12.8. The molecular formula is C20H30N4O. The van der Waals surface area contributed by atoms with Gasteiger partial charge in [-0.1, -0.05) is 19.3 Å². The molecule has 1 saturated heterocycles. The second-order valence-electron chi connectivity index (χ2n) is 8.00. The van der Waals surface area contributed by atoms with Crippen LogP contribution < -0.4 is 5.32 Å². The quantitative estimate of drug-likeness (QED) is 0.916. The van der Waals surface area contributed by atoms with Crippen LogP contribution in [0.5, 0.6) is 0 Å². The third-order valence-electron chi connectivity index (χ3n) is 6.09. The minimum Gasteiger partial charge on any atom is -0.365 e. The fourth-order valence-electron chi connectivity index (χ4n) is 4.72. The van der Waals surface area contributed by atoms with Gasteiger partial charge in [0, 0.05) is 36.3 Å². The third kappa shape index (κ3) is 3.65. The summed E-state index contributed by atoms with van der Waals surface area (Å²) in [6, 6.07) is 0.327. The molecule has 5 heteroatoms. The summed E-state index contributed by atoms with van der Waals surface area (Å²) in [4.78, 5) is 24.2. The van der Waals surface area contributed by atoms with Crippen molar-refractivity contribution in [3.63, 3.8) is 0 Å². The molecule has 1 unspecified atom stereocenters. The molecule has 1 aromatic heterocycles. The van der Waals surface area contributed by atoms with Crippen LogP contribution in [-0.2, 0) is 17.6 Å². The van der Waals surface area contributed by atoms with E-state index in [0.717, 1.165) is 56.8 Å². The van der Waals surface area contributed by atoms with Crippen LogP contribution in [0.1, 0.15) is 68.4 Å². The molecule has 1 amide bonds. The first-order valence-electron chi connectivity index (χ1n) is 10.1. The van der Waals surface area contributed by atoms with Crippen LogP contribution in [0.15, 0.2) is 0 Å². The normalized spacial score (nSPS) is 24.2. The number of hydrogen-bond donors (Lipinski definition) is 1. The van der Waals surface area contributed by atoms with Crippen molar-refractivity contribution in [2.75, 3.05) is 18.4 Å². The van der Waals surface area contributed by atoms with Gasteiger partial charge >= 0.3 is 0 Å². The van der Waals surface area contributed by atoms with Gasteiger partial charge in [0.1, 0.15) is 11.6 Å². The predicted molar refractivity (Wildman–Crippen MR) is 98.6 cm³/mol. The van der Waals surface area contributed by atoms with Gasteiger partial charge in [-0.15, -0.1) is 0 Å². The van der Waals surface area contributed by atoms with Gasteiger partial charge in [0.05, 0.1) is 0 Å². The number of carbonyl (C=O) groups is 1. The van der Waals surface area contributed by atoms with Gasteiger partial charge < -0.3 is 10.2 Å². The lowest BCUT2D eigenvalue weighted by Crippen LogP contribution is -2.37. The van der Waals surface area contributed by atoms with Gasteiger partial charge in [0.2, 0.25) is 5.91 Å². The van der Waals surface area contributed by atoms with Crippen molar-refractivity contribution in [3.05, 3.63) is 17.1 Å². The molecule has 3 aliphatic rings. The molecular weight excluding hydrogens is 312 g/mol. The zero-order chi connectivity index (χ0) is 17.2. The number of rotatable bonds is 3. The average Bonchev–Trinajstić information content (AvgIpc) is 3.10. The van der Waals surface area contributed by atoms with Crippen LogP contribution in [0.3, 0.4) is 0 Å². The zero-order valence-corrected chi connectivity index (χ0v) is 15.4. The number of hydrogen-bond acceptors (Lipinski definition) is 4. The monoisotopic (exact) mass is 342 g/mol. The Morgan fingerprint density at radius 2 is 1.84 bits per heavy atom. The van der Waals surface area contributed by atoms with E-state index < -0.39 is 0 Å². The van der Waals surface area contributed by atoms with E-state index in [0.29, 0.717) is 11.9 Å². The fourth-order valence-corrected chi connectivity index (χ4v) is 4.72. The molecule has 2 fully saturated rings. The third-order valence-corrected chi connectivity index (χ3v) is 6.09. The van der Waals surface area contributed by atoms with Crippen LogP contribution in [0, 0.1) is 12.8 Å². The van der Waals surface area contributed by atoms with Crippen molar-refractivity contribution >= 4 is 11.7 Å². The first kappa shape index (κ1) is 16.8. The molecule has 1 N–H and O–H groups in total. The lowest BCUT2D eigenvalue weighted by atomic mass is 9.88. The highest BCUT2D eigenvalue weighted by Gasteiger charge is 2.32. The van der Waals surface area contributed by atoms with Crippen molar-refractivity contribution in [1.29, 1.82) is 0 Å². The minimum absolute atomic E-state index is 0.279. The van der Waals surface area contributed by atoms with Gasteiger partial charge in [0.25, 0.3) is 0 Å². The Kier molecular flexibility index (Phi) is 4.91. The van der Waals surface area contributed by atoms with E-state index in [1.807, 2.05) is 6.92 Å². The highest BCUT2D eigenvalue weighted by molar-refractivity contribution is 5.79. The lowest BCUT2D eigenvalue weighted by Gasteiger charge is -2.26. The second kappa shape index (κ2) is 7.30. The molecule has 1 aromatic rings. The van der Waals surface area contributed by atoms with Gasteiger partial charge in [0.15, 0.2) is 0 Å². The van der Waals surface area contributed by atoms with Crippen LogP contribution in [0.2, 0.25) is 0 Å². The number of carbonyl (C=O) groups excluding carboxylic acids is 1.